The lowest BCUT2D eigenvalue weighted by molar-refractivity contribution is 0.0859. The molecule has 168 valence electrons. The van der Waals surface area contributed by atoms with Crippen molar-refractivity contribution in [3.8, 4) is 11.5 Å². The SMILES string of the molecule is Cc1cc(=O)oc2cc(OCC(O)Cn3cnnn3)cc(OCC(O)Cn3cnnn3)c12. The van der Waals surface area contributed by atoms with Crippen LogP contribution < -0.4 is 15.1 Å². The maximum absolute atomic E-state index is 11.8. The van der Waals surface area contributed by atoms with Crippen LogP contribution in [0.25, 0.3) is 11.0 Å². The summed E-state index contributed by atoms with van der Waals surface area (Å²) in [6.45, 7) is 1.89. The third-order valence-electron chi connectivity index (χ3n) is 4.43. The number of hydrogen-bond donors (Lipinski definition) is 2. The average Bonchev–Trinajstić information content (AvgIpc) is 3.44. The van der Waals surface area contributed by atoms with Crippen molar-refractivity contribution in [2.75, 3.05) is 13.2 Å². The Balaban J connectivity index is 1.51. The fourth-order valence-electron chi connectivity index (χ4n) is 3.06. The van der Waals surface area contributed by atoms with Gasteiger partial charge in [0.25, 0.3) is 0 Å². The Morgan fingerprint density at radius 3 is 2.19 bits per heavy atom. The molecule has 0 spiro atoms. The fourth-order valence-corrected chi connectivity index (χ4v) is 3.06. The highest BCUT2D eigenvalue weighted by Gasteiger charge is 2.16. The molecule has 2 unspecified atom stereocenters. The van der Waals surface area contributed by atoms with E-state index in [9.17, 15) is 15.0 Å². The molecule has 0 bridgehead atoms. The van der Waals surface area contributed by atoms with Gasteiger partial charge in [-0.1, -0.05) is 0 Å². The van der Waals surface area contributed by atoms with E-state index < -0.39 is 17.8 Å². The van der Waals surface area contributed by atoms with E-state index in [0.717, 1.165) is 0 Å². The van der Waals surface area contributed by atoms with Crippen LogP contribution in [0.1, 0.15) is 5.56 Å². The Kier molecular flexibility index (Phi) is 6.32. The van der Waals surface area contributed by atoms with Gasteiger partial charge in [0.1, 0.15) is 55.2 Å². The molecule has 0 amide bonds. The van der Waals surface area contributed by atoms with Gasteiger partial charge in [-0.25, -0.2) is 14.2 Å². The number of hydrogen-bond acceptors (Lipinski definition) is 12. The Morgan fingerprint density at radius 1 is 0.969 bits per heavy atom. The summed E-state index contributed by atoms with van der Waals surface area (Å²) in [4.78, 5) is 11.8. The second-order valence-electron chi connectivity index (χ2n) is 7.04. The van der Waals surface area contributed by atoms with Crippen LogP contribution in [-0.4, -0.2) is 76.0 Å². The van der Waals surface area contributed by atoms with E-state index in [1.807, 2.05) is 0 Å². The zero-order valence-corrected chi connectivity index (χ0v) is 17.0. The van der Waals surface area contributed by atoms with Gasteiger partial charge in [0.05, 0.1) is 18.5 Å². The maximum atomic E-state index is 11.8. The van der Waals surface area contributed by atoms with Gasteiger partial charge in [0, 0.05) is 18.2 Å². The second-order valence-corrected chi connectivity index (χ2v) is 7.04. The highest BCUT2D eigenvalue weighted by molar-refractivity contribution is 5.88. The monoisotopic (exact) mass is 444 g/mol. The van der Waals surface area contributed by atoms with Gasteiger partial charge in [-0.15, -0.1) is 10.2 Å². The zero-order chi connectivity index (χ0) is 22.5. The van der Waals surface area contributed by atoms with E-state index in [1.54, 1.807) is 13.0 Å². The molecule has 3 aromatic heterocycles. The molecule has 0 radical (unpaired) electrons. The van der Waals surface area contributed by atoms with E-state index in [1.165, 1.54) is 34.2 Å². The van der Waals surface area contributed by atoms with Crippen LogP contribution in [0.4, 0.5) is 0 Å². The highest BCUT2D eigenvalue weighted by Crippen LogP contribution is 2.33. The van der Waals surface area contributed by atoms with Crippen molar-refractivity contribution in [3.05, 3.63) is 46.8 Å². The van der Waals surface area contributed by atoms with Crippen molar-refractivity contribution < 1.29 is 24.1 Å². The summed E-state index contributed by atoms with van der Waals surface area (Å²) < 4.78 is 19.5. The van der Waals surface area contributed by atoms with Gasteiger partial charge < -0.3 is 24.1 Å². The van der Waals surface area contributed by atoms with Crippen LogP contribution in [0.15, 0.2) is 40.1 Å². The smallest absolute Gasteiger partial charge is 0.336 e. The molecule has 0 aliphatic heterocycles. The van der Waals surface area contributed by atoms with Crippen molar-refractivity contribution in [3.63, 3.8) is 0 Å². The Morgan fingerprint density at radius 2 is 1.59 bits per heavy atom. The quantitative estimate of drug-likeness (QED) is 0.284. The van der Waals surface area contributed by atoms with Gasteiger partial charge in [-0.3, -0.25) is 0 Å². The number of aryl methyl sites for hydroxylation is 1. The predicted octanol–water partition coefficient (Wildman–Crippen LogP) is -1.05. The summed E-state index contributed by atoms with van der Waals surface area (Å²) in [5.74, 6) is 0.663. The Hall–Kier alpha value is -3.91. The molecular weight excluding hydrogens is 424 g/mol. The number of rotatable bonds is 10. The lowest BCUT2D eigenvalue weighted by atomic mass is 10.1. The number of ether oxygens (including phenoxy) is 2. The van der Waals surface area contributed by atoms with E-state index >= 15 is 0 Å². The van der Waals surface area contributed by atoms with Gasteiger partial charge in [0.15, 0.2) is 0 Å². The first-order valence-corrected chi connectivity index (χ1v) is 9.59. The molecule has 2 N–H and O–H groups in total. The van der Waals surface area contributed by atoms with Gasteiger partial charge in [-0.2, -0.15) is 0 Å². The zero-order valence-electron chi connectivity index (χ0n) is 17.0. The molecule has 14 nitrogen and oxygen atoms in total. The molecule has 0 saturated carbocycles. The van der Waals surface area contributed by atoms with Crippen LogP contribution in [0.5, 0.6) is 11.5 Å². The first-order valence-electron chi connectivity index (χ1n) is 9.59. The molecule has 2 atom stereocenters. The minimum absolute atomic E-state index is 0.0667. The number of aromatic nitrogens is 8. The highest BCUT2D eigenvalue weighted by atomic mass is 16.5. The third-order valence-corrected chi connectivity index (χ3v) is 4.43. The molecule has 4 aromatic rings. The molecular formula is C18H20N8O6. The molecule has 3 heterocycles. The third kappa shape index (κ3) is 5.22. The number of aliphatic hydroxyl groups is 2. The lowest BCUT2D eigenvalue weighted by Crippen LogP contribution is -2.24. The summed E-state index contributed by atoms with van der Waals surface area (Å²) in [6, 6.07) is 4.49. The molecule has 0 saturated heterocycles. The average molecular weight is 444 g/mol. The molecule has 14 heteroatoms. The number of aliphatic hydroxyl groups excluding tert-OH is 2. The summed E-state index contributed by atoms with van der Waals surface area (Å²) in [5, 5.41) is 42.4. The largest absolute Gasteiger partial charge is 0.491 e. The van der Waals surface area contributed by atoms with Gasteiger partial charge >= 0.3 is 5.63 Å². The van der Waals surface area contributed by atoms with Crippen molar-refractivity contribution in [1.29, 1.82) is 0 Å². The Bertz CT molecular complexity index is 1210. The predicted molar refractivity (Wildman–Crippen MR) is 106 cm³/mol. The molecule has 32 heavy (non-hydrogen) atoms. The van der Waals surface area contributed by atoms with Crippen molar-refractivity contribution in [2.24, 2.45) is 0 Å². The number of benzene rings is 1. The normalized spacial score (nSPS) is 13.2. The van der Waals surface area contributed by atoms with Crippen LogP contribution in [0.2, 0.25) is 0 Å². The minimum atomic E-state index is -0.896. The topological polar surface area (TPSA) is 176 Å². The van der Waals surface area contributed by atoms with E-state index in [-0.39, 0.29) is 31.9 Å². The first kappa shape index (κ1) is 21.3. The molecule has 1 aromatic carbocycles. The standard InChI is InChI=1S/C18H20N8O6/c1-11-2-17(29)32-16-4-14(30-7-12(27)5-25-9-19-21-23-25)3-15(18(11)16)31-8-13(28)6-26-10-20-22-24-26/h2-4,9-10,12-13,27-28H,5-8H2,1H3. The molecule has 0 fully saturated rings. The van der Waals surface area contributed by atoms with Crippen molar-refractivity contribution in [1.82, 2.24) is 40.4 Å². The summed E-state index contributed by atoms with van der Waals surface area (Å²) >= 11 is 0. The lowest BCUT2D eigenvalue weighted by Gasteiger charge is -2.16. The minimum Gasteiger partial charge on any atom is -0.491 e. The number of tetrazole rings is 2. The Labute approximate surface area is 180 Å². The first-order chi connectivity index (χ1) is 15.5. The van der Waals surface area contributed by atoms with Crippen LogP contribution in [0.3, 0.4) is 0 Å². The molecule has 4 rings (SSSR count). The van der Waals surface area contributed by atoms with Crippen molar-refractivity contribution >= 4 is 11.0 Å². The van der Waals surface area contributed by atoms with E-state index in [4.69, 9.17) is 13.9 Å². The van der Waals surface area contributed by atoms with E-state index in [0.29, 0.717) is 22.4 Å². The van der Waals surface area contributed by atoms with Crippen LogP contribution >= 0.6 is 0 Å². The van der Waals surface area contributed by atoms with Gasteiger partial charge in [-0.05, 0) is 33.3 Å². The summed E-state index contributed by atoms with van der Waals surface area (Å²) in [6.07, 6.45) is 0.976. The van der Waals surface area contributed by atoms with Gasteiger partial charge in [0.2, 0.25) is 0 Å². The van der Waals surface area contributed by atoms with E-state index in [2.05, 4.69) is 31.1 Å². The molecule has 0 aliphatic carbocycles. The van der Waals surface area contributed by atoms with Crippen LogP contribution in [0, 0.1) is 6.92 Å². The summed E-state index contributed by atoms with van der Waals surface area (Å²) in [5.41, 5.74) is 0.384. The maximum Gasteiger partial charge on any atom is 0.336 e. The fraction of sp³-hybridized carbons (Fsp3) is 0.389. The second kappa shape index (κ2) is 9.49. The van der Waals surface area contributed by atoms with Crippen LogP contribution in [-0.2, 0) is 13.1 Å². The molecule has 0 aliphatic rings. The number of nitrogens with zero attached hydrogens (tertiary/aromatic N) is 8. The van der Waals surface area contributed by atoms with Crippen molar-refractivity contribution in [2.45, 2.75) is 32.2 Å². The number of fused-ring (bicyclic) bond motifs is 1. The summed E-state index contributed by atoms with van der Waals surface area (Å²) in [7, 11) is 0.